The Balaban J connectivity index is 1.28. The third-order valence-electron chi connectivity index (χ3n) is 6.95. The van der Waals surface area contributed by atoms with Gasteiger partial charge in [-0.3, -0.25) is 4.79 Å². The quantitative estimate of drug-likeness (QED) is 0.384. The Morgan fingerprint density at radius 1 is 1.03 bits per heavy atom. The normalized spacial score (nSPS) is 18.7. The summed E-state index contributed by atoms with van der Waals surface area (Å²) >= 11 is 6.01. The molecule has 0 saturated heterocycles. The first kappa shape index (κ1) is 23.4. The molecule has 174 valence electrons. The summed E-state index contributed by atoms with van der Waals surface area (Å²) in [5.41, 5.74) is 2.71. The van der Waals surface area contributed by atoms with E-state index in [9.17, 15) is 4.79 Å². The van der Waals surface area contributed by atoms with Crippen LogP contribution >= 0.6 is 11.6 Å². The fourth-order valence-electron chi connectivity index (χ4n) is 4.88. The number of halogens is 1. The Kier molecular flexibility index (Phi) is 7.14. The number of hydrogen-bond donors (Lipinski definition) is 2. The third-order valence-corrected chi connectivity index (χ3v) is 7.20. The van der Waals surface area contributed by atoms with E-state index in [1.807, 2.05) is 67.6 Å². The van der Waals surface area contributed by atoms with E-state index in [4.69, 9.17) is 16.0 Å². The summed E-state index contributed by atoms with van der Waals surface area (Å²) in [6, 6.07) is 19.6. The van der Waals surface area contributed by atoms with E-state index in [1.54, 1.807) is 0 Å². The van der Waals surface area contributed by atoms with Crippen molar-refractivity contribution in [2.45, 2.75) is 52.0 Å². The Hall–Kier alpha value is -2.72. The van der Waals surface area contributed by atoms with Crippen molar-refractivity contribution in [3.8, 4) is 11.3 Å². The van der Waals surface area contributed by atoms with Gasteiger partial charge < -0.3 is 15.1 Å². The molecule has 2 N–H and O–H groups in total. The number of rotatable bonds is 7. The second-order valence-electron chi connectivity index (χ2n) is 9.73. The van der Waals surface area contributed by atoms with Crippen molar-refractivity contribution < 1.29 is 9.21 Å². The minimum absolute atomic E-state index is 0.00376. The van der Waals surface area contributed by atoms with Crippen LogP contribution < -0.4 is 10.6 Å². The smallest absolute Gasteiger partial charge is 0.254 e. The Labute approximate surface area is 201 Å². The monoisotopic (exact) mass is 464 g/mol. The van der Waals surface area contributed by atoms with Gasteiger partial charge in [0.1, 0.15) is 11.5 Å². The molecule has 0 atom stereocenters. The number of anilines is 1. The molecule has 1 aliphatic carbocycles. The summed E-state index contributed by atoms with van der Waals surface area (Å²) < 4.78 is 5.85. The fraction of sp³-hybridized carbons (Fsp3) is 0.393. The summed E-state index contributed by atoms with van der Waals surface area (Å²) in [6.07, 6.45) is 4.54. The lowest BCUT2D eigenvalue weighted by Gasteiger charge is -2.40. The van der Waals surface area contributed by atoms with E-state index < -0.39 is 0 Å². The molecule has 0 aliphatic heterocycles. The second-order valence-corrected chi connectivity index (χ2v) is 10.2. The average molecular weight is 465 g/mol. The lowest BCUT2D eigenvalue weighted by molar-refractivity contribution is 0.0937. The molecule has 1 aliphatic rings. The van der Waals surface area contributed by atoms with Crippen LogP contribution in [0.3, 0.4) is 0 Å². The zero-order valence-electron chi connectivity index (χ0n) is 19.7. The van der Waals surface area contributed by atoms with Gasteiger partial charge in [-0.05, 0) is 88.6 Å². The van der Waals surface area contributed by atoms with Crippen LogP contribution in [-0.2, 0) is 0 Å². The number of carbonyl (C=O) groups is 1. The molecular formula is C28H33ClN2O2. The molecule has 4 rings (SSSR count). The van der Waals surface area contributed by atoms with Gasteiger partial charge in [-0.1, -0.05) is 41.9 Å². The number of furan rings is 1. The largest absolute Gasteiger partial charge is 0.461 e. The molecule has 4 nitrogen and oxygen atoms in total. The van der Waals surface area contributed by atoms with Gasteiger partial charge in [0.05, 0.1) is 5.56 Å². The number of hydrogen-bond acceptors (Lipinski definition) is 3. The number of nitrogens with one attached hydrogen (secondary N) is 2. The maximum absolute atomic E-state index is 12.8. The lowest BCUT2D eigenvalue weighted by atomic mass is 9.73. The maximum atomic E-state index is 12.8. The molecule has 0 bridgehead atoms. The van der Waals surface area contributed by atoms with E-state index in [0.717, 1.165) is 47.7 Å². The summed E-state index contributed by atoms with van der Waals surface area (Å²) in [5, 5.41) is 7.58. The first-order valence-electron chi connectivity index (χ1n) is 11.8. The molecule has 1 aromatic heterocycles. The highest BCUT2D eigenvalue weighted by Gasteiger charge is 2.33. The zero-order chi connectivity index (χ0) is 23.4. The van der Waals surface area contributed by atoms with Crippen molar-refractivity contribution >= 4 is 23.2 Å². The highest BCUT2D eigenvalue weighted by atomic mass is 35.5. The van der Waals surface area contributed by atoms with Gasteiger partial charge in [-0.15, -0.1) is 0 Å². The van der Waals surface area contributed by atoms with Crippen molar-refractivity contribution in [2.24, 2.45) is 11.8 Å². The van der Waals surface area contributed by atoms with Gasteiger partial charge >= 0.3 is 0 Å². The van der Waals surface area contributed by atoms with E-state index in [0.29, 0.717) is 29.7 Å². The predicted octanol–water partition coefficient (Wildman–Crippen LogP) is 7.34. The molecule has 5 heteroatoms. The van der Waals surface area contributed by atoms with Crippen LogP contribution in [-0.4, -0.2) is 18.0 Å². The van der Waals surface area contributed by atoms with E-state index >= 15 is 0 Å². The standard InChI is InChI=1S/C28H33ClN2O2/c1-19-25(17-26(33-19)21-7-5-4-6-8-21)27(32)30-18-20-9-11-22(12-10-20)28(2,3)31-24-15-13-23(29)14-16-24/h4-8,13-17,20,22,31H,9-12,18H2,1-3H3,(H,30,32). The van der Waals surface area contributed by atoms with Gasteiger partial charge in [0.15, 0.2) is 0 Å². The molecule has 1 saturated carbocycles. The number of benzene rings is 2. The van der Waals surface area contributed by atoms with Crippen LogP contribution in [0.5, 0.6) is 0 Å². The minimum Gasteiger partial charge on any atom is -0.461 e. The predicted molar refractivity (Wildman–Crippen MR) is 136 cm³/mol. The molecule has 0 unspecified atom stereocenters. The van der Waals surface area contributed by atoms with Crippen LogP contribution in [0.2, 0.25) is 5.02 Å². The number of carbonyl (C=O) groups excluding carboxylic acids is 1. The molecule has 3 aromatic rings. The van der Waals surface area contributed by atoms with E-state index in [-0.39, 0.29) is 11.4 Å². The molecule has 2 aromatic carbocycles. The number of amides is 1. The van der Waals surface area contributed by atoms with E-state index in [1.165, 1.54) is 0 Å². The SMILES string of the molecule is Cc1oc(-c2ccccc2)cc1C(=O)NCC1CCC(C(C)(C)Nc2ccc(Cl)cc2)CC1. The van der Waals surface area contributed by atoms with Crippen LogP contribution in [0.4, 0.5) is 5.69 Å². The van der Waals surface area contributed by atoms with Crippen LogP contribution in [0.15, 0.2) is 65.1 Å². The Bertz CT molecular complexity index is 1070. The van der Waals surface area contributed by atoms with Gasteiger partial charge in [0.25, 0.3) is 5.91 Å². The minimum atomic E-state index is -0.0507. The van der Waals surface area contributed by atoms with Crippen molar-refractivity contribution in [3.63, 3.8) is 0 Å². The van der Waals surface area contributed by atoms with Crippen molar-refractivity contribution in [1.29, 1.82) is 0 Å². The molecule has 1 heterocycles. The van der Waals surface area contributed by atoms with Crippen molar-refractivity contribution in [3.05, 3.63) is 77.0 Å². The highest BCUT2D eigenvalue weighted by Crippen LogP contribution is 2.37. The van der Waals surface area contributed by atoms with Crippen LogP contribution in [0.1, 0.15) is 55.6 Å². The zero-order valence-corrected chi connectivity index (χ0v) is 20.4. The lowest BCUT2D eigenvalue weighted by Crippen LogP contribution is -2.42. The summed E-state index contributed by atoms with van der Waals surface area (Å²) in [7, 11) is 0. The first-order chi connectivity index (χ1) is 15.8. The molecular weight excluding hydrogens is 432 g/mol. The second kappa shape index (κ2) is 10.0. The molecule has 1 amide bonds. The van der Waals surface area contributed by atoms with Gasteiger partial charge in [-0.25, -0.2) is 0 Å². The van der Waals surface area contributed by atoms with Crippen LogP contribution in [0.25, 0.3) is 11.3 Å². The highest BCUT2D eigenvalue weighted by molar-refractivity contribution is 6.30. The summed E-state index contributed by atoms with van der Waals surface area (Å²) in [6.45, 7) is 7.12. The Morgan fingerprint density at radius 3 is 2.36 bits per heavy atom. The Morgan fingerprint density at radius 2 is 1.70 bits per heavy atom. The molecule has 33 heavy (non-hydrogen) atoms. The molecule has 0 spiro atoms. The van der Waals surface area contributed by atoms with Gasteiger partial charge in [0, 0.05) is 28.4 Å². The average Bonchev–Trinajstić information content (AvgIpc) is 3.21. The van der Waals surface area contributed by atoms with Crippen LogP contribution in [0, 0.1) is 18.8 Å². The fourth-order valence-corrected chi connectivity index (χ4v) is 5.01. The van der Waals surface area contributed by atoms with Gasteiger partial charge in [-0.2, -0.15) is 0 Å². The summed E-state index contributed by atoms with van der Waals surface area (Å²) in [4.78, 5) is 12.8. The molecule has 1 fully saturated rings. The van der Waals surface area contributed by atoms with Gasteiger partial charge in [0.2, 0.25) is 0 Å². The maximum Gasteiger partial charge on any atom is 0.254 e. The first-order valence-corrected chi connectivity index (χ1v) is 12.2. The van der Waals surface area contributed by atoms with Crippen molar-refractivity contribution in [2.75, 3.05) is 11.9 Å². The third kappa shape index (κ3) is 5.80. The van der Waals surface area contributed by atoms with Crippen molar-refractivity contribution in [1.82, 2.24) is 5.32 Å². The number of aryl methyl sites for hydroxylation is 1. The topological polar surface area (TPSA) is 54.3 Å². The van der Waals surface area contributed by atoms with E-state index in [2.05, 4.69) is 24.5 Å². The summed E-state index contributed by atoms with van der Waals surface area (Å²) in [5.74, 6) is 2.44. The molecule has 0 radical (unpaired) electrons.